The van der Waals surface area contributed by atoms with Crippen LogP contribution in [0.3, 0.4) is 0 Å². The lowest BCUT2D eigenvalue weighted by molar-refractivity contribution is 0.0690. The van der Waals surface area contributed by atoms with Crippen molar-refractivity contribution < 1.29 is 20.1 Å². The van der Waals surface area contributed by atoms with Crippen molar-refractivity contribution in [2.45, 2.75) is 12.8 Å². The fraction of sp³-hybridized carbons (Fsp3) is 0.133. The van der Waals surface area contributed by atoms with Gasteiger partial charge in [-0.3, -0.25) is 0 Å². The number of carboxylic acid groups (broad SMARTS) is 1. The molecule has 0 atom stereocenters. The summed E-state index contributed by atoms with van der Waals surface area (Å²) in [7, 11) is 0. The van der Waals surface area contributed by atoms with Gasteiger partial charge in [-0.05, 0) is 30.0 Å². The quantitative estimate of drug-likeness (QED) is 0.787. The van der Waals surface area contributed by atoms with Gasteiger partial charge in [0.2, 0.25) is 0 Å². The van der Waals surface area contributed by atoms with Crippen molar-refractivity contribution in [3.05, 3.63) is 59.2 Å². The van der Waals surface area contributed by atoms with Crippen LogP contribution in [0.15, 0.2) is 42.5 Å². The predicted molar refractivity (Wildman–Crippen MR) is 70.6 cm³/mol. The molecule has 0 spiro atoms. The molecule has 4 heteroatoms. The summed E-state index contributed by atoms with van der Waals surface area (Å²) in [4.78, 5) is 10.9. The molecule has 0 saturated heterocycles. The Morgan fingerprint density at radius 3 is 2.26 bits per heavy atom. The first-order valence-corrected chi connectivity index (χ1v) is 5.90. The maximum Gasteiger partial charge on any atom is 0.343 e. The highest BCUT2D eigenvalue weighted by Crippen LogP contribution is 2.31. The molecule has 0 bridgehead atoms. The van der Waals surface area contributed by atoms with Crippen LogP contribution in [0.25, 0.3) is 0 Å². The van der Waals surface area contributed by atoms with E-state index in [9.17, 15) is 15.0 Å². The van der Waals surface area contributed by atoms with Crippen LogP contribution in [0.2, 0.25) is 0 Å². The Labute approximate surface area is 110 Å². The highest BCUT2D eigenvalue weighted by Gasteiger charge is 2.18. The Hall–Kier alpha value is -2.49. The molecule has 0 unspecified atom stereocenters. The minimum atomic E-state index is -1.34. The van der Waals surface area contributed by atoms with E-state index >= 15 is 0 Å². The average molecular weight is 258 g/mol. The molecule has 0 aliphatic heterocycles. The van der Waals surface area contributed by atoms with Crippen LogP contribution >= 0.6 is 0 Å². The van der Waals surface area contributed by atoms with E-state index in [4.69, 9.17) is 5.11 Å². The molecule has 0 aliphatic rings. The van der Waals surface area contributed by atoms with Gasteiger partial charge in [-0.25, -0.2) is 4.79 Å². The SMILES string of the molecule is O=C(O)c1c(O)ccc(CCc2ccccc2)c1O. The van der Waals surface area contributed by atoms with E-state index < -0.39 is 17.3 Å². The molecule has 2 aromatic rings. The van der Waals surface area contributed by atoms with Gasteiger partial charge in [-0.2, -0.15) is 0 Å². The van der Waals surface area contributed by atoms with Gasteiger partial charge < -0.3 is 15.3 Å². The second kappa shape index (κ2) is 5.44. The van der Waals surface area contributed by atoms with Crippen LogP contribution in [0, 0.1) is 0 Å². The number of aromatic carboxylic acids is 1. The smallest absolute Gasteiger partial charge is 0.343 e. The summed E-state index contributed by atoms with van der Waals surface area (Å²) in [5, 5.41) is 28.2. The van der Waals surface area contributed by atoms with E-state index in [1.54, 1.807) is 6.07 Å². The largest absolute Gasteiger partial charge is 0.507 e. The molecule has 98 valence electrons. The third-order valence-electron chi connectivity index (χ3n) is 2.98. The maximum absolute atomic E-state index is 10.9. The Kier molecular flexibility index (Phi) is 3.71. The summed E-state index contributed by atoms with van der Waals surface area (Å²) in [5.74, 6) is -2.12. The van der Waals surface area contributed by atoms with Crippen molar-refractivity contribution in [3.63, 3.8) is 0 Å². The Balaban J connectivity index is 2.22. The number of phenols is 2. The third-order valence-corrected chi connectivity index (χ3v) is 2.98. The topological polar surface area (TPSA) is 77.8 Å². The second-order valence-corrected chi connectivity index (χ2v) is 4.26. The third kappa shape index (κ3) is 2.85. The molecule has 3 N–H and O–H groups in total. The first-order chi connectivity index (χ1) is 9.09. The lowest BCUT2D eigenvalue weighted by Crippen LogP contribution is -2.01. The van der Waals surface area contributed by atoms with E-state index in [0.717, 1.165) is 5.56 Å². The van der Waals surface area contributed by atoms with Gasteiger partial charge in [0.15, 0.2) is 0 Å². The van der Waals surface area contributed by atoms with Crippen molar-refractivity contribution in [2.75, 3.05) is 0 Å². The first-order valence-electron chi connectivity index (χ1n) is 5.90. The summed E-state index contributed by atoms with van der Waals surface area (Å²) in [6, 6.07) is 12.5. The molecule has 2 aromatic carbocycles. The van der Waals surface area contributed by atoms with E-state index in [1.165, 1.54) is 6.07 Å². The molecule has 2 rings (SSSR count). The number of hydrogen-bond acceptors (Lipinski definition) is 3. The molecule has 0 aromatic heterocycles. The minimum absolute atomic E-state index is 0.358. The normalized spacial score (nSPS) is 10.3. The predicted octanol–water partition coefficient (Wildman–Crippen LogP) is 2.58. The highest BCUT2D eigenvalue weighted by atomic mass is 16.4. The number of hydrogen-bond donors (Lipinski definition) is 3. The summed E-state index contributed by atoms with van der Waals surface area (Å²) < 4.78 is 0. The van der Waals surface area contributed by atoms with Crippen LogP contribution < -0.4 is 0 Å². The number of carbonyl (C=O) groups is 1. The second-order valence-electron chi connectivity index (χ2n) is 4.26. The summed E-state index contributed by atoms with van der Waals surface area (Å²) in [6.07, 6.45) is 1.20. The molecule has 0 saturated carbocycles. The van der Waals surface area contributed by atoms with Crippen molar-refractivity contribution in [3.8, 4) is 11.5 Å². The van der Waals surface area contributed by atoms with Gasteiger partial charge in [-0.1, -0.05) is 36.4 Å². The zero-order valence-electron chi connectivity index (χ0n) is 10.2. The van der Waals surface area contributed by atoms with Crippen LogP contribution in [-0.2, 0) is 12.8 Å². The Morgan fingerprint density at radius 1 is 0.947 bits per heavy atom. The van der Waals surface area contributed by atoms with Crippen molar-refractivity contribution in [2.24, 2.45) is 0 Å². The van der Waals surface area contributed by atoms with Crippen molar-refractivity contribution in [1.82, 2.24) is 0 Å². The molecular formula is C15H14O4. The first kappa shape index (κ1) is 13.0. The monoisotopic (exact) mass is 258 g/mol. The van der Waals surface area contributed by atoms with Crippen molar-refractivity contribution >= 4 is 5.97 Å². The summed E-state index contributed by atoms with van der Waals surface area (Å²) in [5.41, 5.74) is 1.18. The van der Waals surface area contributed by atoms with E-state index in [0.29, 0.717) is 18.4 Å². The number of rotatable bonds is 4. The minimum Gasteiger partial charge on any atom is -0.507 e. The van der Waals surface area contributed by atoms with Crippen LogP contribution in [0.5, 0.6) is 11.5 Å². The van der Waals surface area contributed by atoms with Gasteiger partial charge in [0.25, 0.3) is 0 Å². The zero-order valence-corrected chi connectivity index (χ0v) is 10.2. The number of benzene rings is 2. The van der Waals surface area contributed by atoms with Gasteiger partial charge in [-0.15, -0.1) is 0 Å². The molecule has 0 aliphatic carbocycles. The molecule has 19 heavy (non-hydrogen) atoms. The van der Waals surface area contributed by atoms with Crippen LogP contribution in [0.1, 0.15) is 21.5 Å². The number of aromatic hydroxyl groups is 2. The fourth-order valence-electron chi connectivity index (χ4n) is 1.96. The van der Waals surface area contributed by atoms with Gasteiger partial charge in [0.1, 0.15) is 17.1 Å². The molecule has 0 fully saturated rings. The van der Waals surface area contributed by atoms with Gasteiger partial charge in [0, 0.05) is 0 Å². The maximum atomic E-state index is 10.9. The van der Waals surface area contributed by atoms with Crippen molar-refractivity contribution in [1.29, 1.82) is 0 Å². The fourth-order valence-corrected chi connectivity index (χ4v) is 1.96. The average Bonchev–Trinajstić information content (AvgIpc) is 2.38. The standard InChI is InChI=1S/C15H14O4/c16-12-9-8-11(14(17)13(12)15(18)19)7-6-10-4-2-1-3-5-10/h1-5,8-9,16-17H,6-7H2,(H,18,19). The summed E-state index contributed by atoms with van der Waals surface area (Å²) >= 11 is 0. The van der Waals surface area contributed by atoms with E-state index in [2.05, 4.69) is 0 Å². The highest BCUT2D eigenvalue weighted by molar-refractivity contribution is 5.94. The van der Waals surface area contributed by atoms with E-state index in [1.807, 2.05) is 30.3 Å². The Bertz CT molecular complexity index is 591. The van der Waals surface area contributed by atoms with Crippen LogP contribution in [0.4, 0.5) is 0 Å². The molecule has 0 amide bonds. The van der Waals surface area contributed by atoms with Gasteiger partial charge in [0.05, 0.1) is 0 Å². The number of aryl methyl sites for hydroxylation is 2. The summed E-state index contributed by atoms with van der Waals surface area (Å²) in [6.45, 7) is 0. The molecule has 4 nitrogen and oxygen atoms in total. The van der Waals surface area contributed by atoms with E-state index in [-0.39, 0.29) is 5.75 Å². The number of carboxylic acids is 1. The van der Waals surface area contributed by atoms with Gasteiger partial charge >= 0.3 is 5.97 Å². The zero-order chi connectivity index (χ0) is 13.8. The Morgan fingerprint density at radius 2 is 1.63 bits per heavy atom. The van der Waals surface area contributed by atoms with Crippen LogP contribution in [-0.4, -0.2) is 21.3 Å². The molecule has 0 heterocycles. The molecule has 0 radical (unpaired) electrons. The lowest BCUT2D eigenvalue weighted by Gasteiger charge is -2.09. The lowest BCUT2D eigenvalue weighted by atomic mass is 10.0. The molecular weight excluding hydrogens is 244 g/mol.